The first-order valence-electron chi connectivity index (χ1n) is 7.63. The van der Waals surface area contributed by atoms with E-state index in [-0.39, 0.29) is 17.8 Å². The fourth-order valence-corrected chi connectivity index (χ4v) is 2.48. The van der Waals surface area contributed by atoms with E-state index >= 15 is 0 Å². The van der Waals surface area contributed by atoms with E-state index in [0.29, 0.717) is 5.69 Å². The van der Waals surface area contributed by atoms with Crippen molar-refractivity contribution in [2.45, 2.75) is 32.3 Å². The lowest BCUT2D eigenvalue weighted by Crippen LogP contribution is -2.34. The number of fused-ring (bicyclic) bond motifs is 1. The maximum absolute atomic E-state index is 12.1. The minimum Gasteiger partial charge on any atom is -0.452 e. The van der Waals surface area contributed by atoms with Crippen LogP contribution in [0.4, 0.5) is 5.69 Å². The monoisotopic (exact) mass is 297 g/mol. The largest absolute Gasteiger partial charge is 0.452 e. The van der Waals surface area contributed by atoms with Crippen molar-refractivity contribution in [1.82, 2.24) is 0 Å². The second-order valence-electron chi connectivity index (χ2n) is 5.76. The van der Waals surface area contributed by atoms with Gasteiger partial charge in [0.2, 0.25) is 0 Å². The molecule has 4 nitrogen and oxygen atoms in total. The molecular weight excluding hydrogens is 278 g/mol. The van der Waals surface area contributed by atoms with Gasteiger partial charge >= 0.3 is 5.97 Å². The van der Waals surface area contributed by atoms with E-state index in [2.05, 4.69) is 5.32 Å². The summed E-state index contributed by atoms with van der Waals surface area (Å²) in [6, 6.07) is 13.7. The lowest BCUT2D eigenvalue weighted by atomic mass is 9.86. The van der Waals surface area contributed by atoms with Gasteiger partial charge in [0.1, 0.15) is 0 Å². The molecule has 1 fully saturated rings. The Morgan fingerprint density at radius 2 is 1.86 bits per heavy atom. The SMILES string of the molecule is C[C@H](OC(=O)C1CCC1)C(=O)Nc1ccc2ccccc2c1. The van der Waals surface area contributed by atoms with Gasteiger partial charge in [0.25, 0.3) is 5.91 Å². The molecule has 0 radical (unpaired) electrons. The molecule has 1 amide bonds. The minimum atomic E-state index is -0.778. The molecule has 3 rings (SSSR count). The van der Waals surface area contributed by atoms with Crippen LogP contribution in [0.15, 0.2) is 42.5 Å². The van der Waals surface area contributed by atoms with Gasteiger partial charge in [0.15, 0.2) is 6.10 Å². The average molecular weight is 297 g/mol. The molecule has 1 saturated carbocycles. The number of hydrogen-bond donors (Lipinski definition) is 1. The van der Waals surface area contributed by atoms with Gasteiger partial charge in [-0.15, -0.1) is 0 Å². The van der Waals surface area contributed by atoms with Gasteiger partial charge in [0.05, 0.1) is 5.92 Å². The van der Waals surface area contributed by atoms with E-state index in [0.717, 1.165) is 30.0 Å². The third-order valence-corrected chi connectivity index (χ3v) is 4.12. The Hall–Kier alpha value is -2.36. The third kappa shape index (κ3) is 3.11. The van der Waals surface area contributed by atoms with Crippen molar-refractivity contribution in [2.24, 2.45) is 5.92 Å². The molecule has 0 aromatic heterocycles. The van der Waals surface area contributed by atoms with E-state index < -0.39 is 6.10 Å². The first kappa shape index (κ1) is 14.6. The first-order valence-corrected chi connectivity index (χ1v) is 7.63. The smallest absolute Gasteiger partial charge is 0.309 e. The molecule has 1 aliphatic rings. The normalized spacial score (nSPS) is 15.9. The Kier molecular flexibility index (Phi) is 4.09. The van der Waals surface area contributed by atoms with E-state index in [4.69, 9.17) is 4.74 Å². The standard InChI is InChI=1S/C18H19NO3/c1-12(22-18(21)14-7-4-8-14)17(20)19-16-10-9-13-5-2-3-6-15(13)11-16/h2-3,5-6,9-12,14H,4,7-8H2,1H3,(H,19,20)/t12-/m0/s1. The summed E-state index contributed by atoms with van der Waals surface area (Å²) in [5.74, 6) is -0.578. The van der Waals surface area contributed by atoms with Crippen LogP contribution in [0.3, 0.4) is 0 Å². The summed E-state index contributed by atoms with van der Waals surface area (Å²) < 4.78 is 5.22. The molecule has 1 atom stereocenters. The zero-order valence-electron chi connectivity index (χ0n) is 12.5. The summed E-state index contributed by atoms with van der Waals surface area (Å²) >= 11 is 0. The summed E-state index contributed by atoms with van der Waals surface area (Å²) in [6.45, 7) is 1.60. The molecule has 0 aliphatic heterocycles. The van der Waals surface area contributed by atoms with Gasteiger partial charge in [0, 0.05) is 5.69 Å². The lowest BCUT2D eigenvalue weighted by Gasteiger charge is -2.24. The fourth-order valence-electron chi connectivity index (χ4n) is 2.48. The van der Waals surface area contributed by atoms with E-state index in [1.54, 1.807) is 6.92 Å². The van der Waals surface area contributed by atoms with Crippen molar-refractivity contribution >= 4 is 28.3 Å². The molecule has 0 bridgehead atoms. The van der Waals surface area contributed by atoms with Crippen LogP contribution in [0.2, 0.25) is 0 Å². The molecule has 0 saturated heterocycles. The average Bonchev–Trinajstić information content (AvgIpc) is 2.45. The number of rotatable bonds is 4. The molecule has 0 heterocycles. The second-order valence-corrected chi connectivity index (χ2v) is 5.76. The second kappa shape index (κ2) is 6.18. The molecule has 2 aromatic rings. The number of esters is 1. The van der Waals surface area contributed by atoms with Crippen molar-refractivity contribution in [2.75, 3.05) is 5.32 Å². The van der Waals surface area contributed by atoms with Crippen molar-refractivity contribution in [1.29, 1.82) is 0 Å². The Balaban J connectivity index is 1.62. The summed E-state index contributed by atoms with van der Waals surface area (Å²) in [4.78, 5) is 23.9. The van der Waals surface area contributed by atoms with Gasteiger partial charge in [-0.25, -0.2) is 0 Å². The third-order valence-electron chi connectivity index (χ3n) is 4.12. The highest BCUT2D eigenvalue weighted by molar-refractivity contribution is 5.97. The summed E-state index contributed by atoms with van der Waals surface area (Å²) in [5.41, 5.74) is 0.704. The van der Waals surface area contributed by atoms with Crippen molar-refractivity contribution < 1.29 is 14.3 Å². The zero-order chi connectivity index (χ0) is 15.5. The van der Waals surface area contributed by atoms with Crippen molar-refractivity contribution in [3.8, 4) is 0 Å². The van der Waals surface area contributed by atoms with Gasteiger partial charge in [-0.3, -0.25) is 9.59 Å². The van der Waals surface area contributed by atoms with Gasteiger partial charge in [-0.05, 0) is 42.7 Å². The molecular formula is C18H19NO3. The topological polar surface area (TPSA) is 55.4 Å². The number of carbonyl (C=O) groups excluding carboxylic acids is 2. The Labute approximate surface area is 129 Å². The Bertz CT molecular complexity index is 706. The molecule has 22 heavy (non-hydrogen) atoms. The molecule has 4 heteroatoms. The predicted octanol–water partition coefficient (Wildman–Crippen LogP) is 3.51. The van der Waals surface area contributed by atoms with E-state index in [9.17, 15) is 9.59 Å². The molecule has 2 aromatic carbocycles. The van der Waals surface area contributed by atoms with Gasteiger partial charge in [-0.1, -0.05) is 36.8 Å². The number of hydrogen-bond acceptors (Lipinski definition) is 3. The van der Waals surface area contributed by atoms with Crippen LogP contribution in [0.25, 0.3) is 10.8 Å². The first-order chi connectivity index (χ1) is 10.6. The van der Waals surface area contributed by atoms with Crippen LogP contribution in [0.1, 0.15) is 26.2 Å². The maximum Gasteiger partial charge on any atom is 0.309 e. The van der Waals surface area contributed by atoms with E-state index in [1.165, 1.54) is 0 Å². The number of carbonyl (C=O) groups is 2. The van der Waals surface area contributed by atoms with Crippen molar-refractivity contribution in [3.63, 3.8) is 0 Å². The number of ether oxygens (including phenoxy) is 1. The van der Waals surface area contributed by atoms with Crippen LogP contribution in [0.5, 0.6) is 0 Å². The molecule has 0 unspecified atom stereocenters. The quantitative estimate of drug-likeness (QED) is 0.879. The number of anilines is 1. The number of amides is 1. The lowest BCUT2D eigenvalue weighted by molar-refractivity contribution is -0.159. The molecule has 1 aliphatic carbocycles. The summed E-state index contributed by atoms with van der Waals surface area (Å²) in [6.07, 6.45) is 2.03. The molecule has 114 valence electrons. The molecule has 1 N–H and O–H groups in total. The highest BCUT2D eigenvalue weighted by Crippen LogP contribution is 2.28. The minimum absolute atomic E-state index is 0.0177. The fraction of sp³-hybridized carbons (Fsp3) is 0.333. The highest BCUT2D eigenvalue weighted by atomic mass is 16.5. The van der Waals surface area contributed by atoms with Crippen molar-refractivity contribution in [3.05, 3.63) is 42.5 Å². The summed E-state index contributed by atoms with van der Waals surface area (Å²) in [5, 5.41) is 4.97. The van der Waals surface area contributed by atoms with Gasteiger partial charge in [-0.2, -0.15) is 0 Å². The Morgan fingerprint density at radius 1 is 1.14 bits per heavy atom. The van der Waals surface area contributed by atoms with Crippen LogP contribution in [-0.4, -0.2) is 18.0 Å². The van der Waals surface area contributed by atoms with E-state index in [1.807, 2.05) is 42.5 Å². The van der Waals surface area contributed by atoms with Crippen LogP contribution in [0, 0.1) is 5.92 Å². The maximum atomic E-state index is 12.1. The van der Waals surface area contributed by atoms with Crippen LogP contribution in [-0.2, 0) is 14.3 Å². The number of benzene rings is 2. The predicted molar refractivity (Wildman–Crippen MR) is 85.5 cm³/mol. The molecule has 0 spiro atoms. The van der Waals surface area contributed by atoms with Crippen LogP contribution < -0.4 is 5.32 Å². The van der Waals surface area contributed by atoms with Crippen LogP contribution >= 0.6 is 0 Å². The number of nitrogens with one attached hydrogen (secondary N) is 1. The Morgan fingerprint density at radius 3 is 2.55 bits per heavy atom. The zero-order valence-corrected chi connectivity index (χ0v) is 12.5. The highest BCUT2D eigenvalue weighted by Gasteiger charge is 2.29. The summed E-state index contributed by atoms with van der Waals surface area (Å²) in [7, 11) is 0. The van der Waals surface area contributed by atoms with Gasteiger partial charge < -0.3 is 10.1 Å².